The largest absolute Gasteiger partial charge is 0.493 e. The molecule has 1 fully saturated rings. The van der Waals surface area contributed by atoms with Crippen LogP contribution in [-0.4, -0.2) is 72.2 Å². The number of hydrogen-bond acceptors (Lipinski definition) is 6. The number of ether oxygens (including phenoxy) is 1. The fraction of sp³-hybridized carbons (Fsp3) is 0.538. The van der Waals surface area contributed by atoms with Crippen LogP contribution in [0.5, 0.6) is 5.75 Å². The summed E-state index contributed by atoms with van der Waals surface area (Å²) < 4.78 is 35.8. The Kier molecular flexibility index (Phi) is 8.17. The molecule has 0 bridgehead atoms. The fourth-order valence-electron chi connectivity index (χ4n) is 4.87. The maximum Gasteiger partial charge on any atom is 0.274 e. The number of aromatic amines is 1. The Balaban J connectivity index is 1.72. The van der Waals surface area contributed by atoms with Crippen LogP contribution < -0.4 is 10.3 Å². The highest BCUT2D eigenvalue weighted by Crippen LogP contribution is 2.33. The highest BCUT2D eigenvalue weighted by Gasteiger charge is 2.24. The quantitative estimate of drug-likeness (QED) is 0.444. The van der Waals surface area contributed by atoms with E-state index in [4.69, 9.17) is 4.74 Å². The zero-order chi connectivity index (χ0) is 25.9. The van der Waals surface area contributed by atoms with Crippen LogP contribution in [0.1, 0.15) is 45.2 Å². The molecular formula is C26H37N5O4S. The lowest BCUT2D eigenvalue weighted by atomic mass is 10.1. The summed E-state index contributed by atoms with van der Waals surface area (Å²) in [6, 6.07) is 6.72. The highest BCUT2D eigenvalue weighted by molar-refractivity contribution is 7.89. The van der Waals surface area contributed by atoms with Gasteiger partial charge in [-0.1, -0.05) is 19.8 Å². The van der Waals surface area contributed by atoms with Crippen molar-refractivity contribution in [3.05, 3.63) is 40.3 Å². The van der Waals surface area contributed by atoms with Gasteiger partial charge in [-0.05, 0) is 63.5 Å². The number of benzene rings is 1. The Morgan fingerprint density at radius 3 is 2.58 bits per heavy atom. The van der Waals surface area contributed by atoms with Gasteiger partial charge in [-0.25, -0.2) is 8.42 Å². The number of hydrogen-bond donors (Lipinski definition) is 1. The van der Waals surface area contributed by atoms with Crippen LogP contribution in [0.15, 0.2) is 34.0 Å². The Hall–Kier alpha value is -2.69. The number of piperidine rings is 1. The minimum absolute atomic E-state index is 0.169. The summed E-state index contributed by atoms with van der Waals surface area (Å²) in [6.45, 7) is 7.52. The van der Waals surface area contributed by atoms with Crippen molar-refractivity contribution in [2.24, 2.45) is 7.05 Å². The molecule has 10 heteroatoms. The van der Waals surface area contributed by atoms with E-state index in [9.17, 15) is 13.2 Å². The summed E-state index contributed by atoms with van der Waals surface area (Å²) in [7, 11) is -0.345. The number of sulfonamides is 1. The van der Waals surface area contributed by atoms with Gasteiger partial charge in [0.1, 0.15) is 11.3 Å². The lowest BCUT2D eigenvalue weighted by Crippen LogP contribution is -2.38. The lowest BCUT2D eigenvalue weighted by Gasteiger charge is -2.28. The van der Waals surface area contributed by atoms with Gasteiger partial charge in [0.15, 0.2) is 0 Å². The Morgan fingerprint density at radius 1 is 1.14 bits per heavy atom. The van der Waals surface area contributed by atoms with Gasteiger partial charge in [-0.3, -0.25) is 9.48 Å². The van der Waals surface area contributed by atoms with Gasteiger partial charge in [0.05, 0.1) is 22.9 Å². The second kappa shape index (κ2) is 11.1. The van der Waals surface area contributed by atoms with Crippen molar-refractivity contribution < 1.29 is 13.2 Å². The molecule has 0 radical (unpaired) electrons. The van der Waals surface area contributed by atoms with E-state index in [1.807, 2.05) is 13.0 Å². The molecular weight excluding hydrogens is 478 g/mol. The third-order valence-corrected chi connectivity index (χ3v) is 8.68. The summed E-state index contributed by atoms with van der Waals surface area (Å²) in [4.78, 5) is 18.4. The van der Waals surface area contributed by atoms with Crippen molar-refractivity contribution in [1.29, 1.82) is 0 Å². The van der Waals surface area contributed by atoms with Crippen LogP contribution in [-0.2, 0) is 23.5 Å². The standard InChI is InChI=1S/C26H37N5O4S/c1-5-10-22-21-18-23(27-26(32)25(21)30(4)28-22)20-17-19(11-12-24(20)35-6-2)36(33,34)29(3)15-16-31-13-8-7-9-14-31/h11-12,17-18H,5-10,13-16H2,1-4H3,(H,27,32). The van der Waals surface area contributed by atoms with Gasteiger partial charge < -0.3 is 14.6 Å². The van der Waals surface area contributed by atoms with Gasteiger partial charge in [0, 0.05) is 38.1 Å². The number of aryl methyl sites for hydroxylation is 2. The maximum atomic E-state index is 13.5. The summed E-state index contributed by atoms with van der Waals surface area (Å²) >= 11 is 0. The molecule has 0 unspecified atom stereocenters. The van der Waals surface area contributed by atoms with Crippen molar-refractivity contribution >= 4 is 20.9 Å². The summed E-state index contributed by atoms with van der Waals surface area (Å²) in [5, 5.41) is 5.30. The van der Waals surface area contributed by atoms with Gasteiger partial charge in [0.25, 0.3) is 5.56 Å². The van der Waals surface area contributed by atoms with Gasteiger partial charge >= 0.3 is 0 Å². The molecule has 1 aliphatic rings. The average Bonchev–Trinajstić information content (AvgIpc) is 3.19. The number of rotatable bonds is 10. The summed E-state index contributed by atoms with van der Waals surface area (Å²) in [5.41, 5.74) is 2.12. The van der Waals surface area contributed by atoms with Crippen LogP contribution in [0.3, 0.4) is 0 Å². The normalized spacial score (nSPS) is 15.1. The number of fused-ring (bicyclic) bond motifs is 1. The van der Waals surface area contributed by atoms with Crippen molar-refractivity contribution in [3.63, 3.8) is 0 Å². The number of H-pyrrole nitrogens is 1. The van der Waals surface area contributed by atoms with Gasteiger partial charge in [-0.2, -0.15) is 9.40 Å². The lowest BCUT2D eigenvalue weighted by molar-refractivity contribution is 0.218. The molecule has 3 heterocycles. The molecule has 1 aliphatic heterocycles. The maximum absolute atomic E-state index is 13.5. The van der Waals surface area contributed by atoms with Gasteiger partial charge in [0.2, 0.25) is 10.0 Å². The zero-order valence-electron chi connectivity index (χ0n) is 21.7. The van der Waals surface area contributed by atoms with Crippen LogP contribution in [0.2, 0.25) is 0 Å². The van der Waals surface area contributed by atoms with E-state index in [1.165, 1.54) is 10.7 Å². The molecule has 0 aliphatic carbocycles. The molecule has 0 spiro atoms. The third kappa shape index (κ3) is 5.35. The first-order valence-corrected chi connectivity index (χ1v) is 14.2. The van der Waals surface area contributed by atoms with Crippen molar-refractivity contribution in [1.82, 2.24) is 24.0 Å². The minimum atomic E-state index is -3.72. The van der Waals surface area contributed by atoms with Gasteiger partial charge in [-0.15, -0.1) is 0 Å². The second-order valence-corrected chi connectivity index (χ2v) is 11.5. The first-order chi connectivity index (χ1) is 17.3. The van der Waals surface area contributed by atoms with E-state index in [0.29, 0.717) is 42.2 Å². The van der Waals surface area contributed by atoms with Crippen molar-refractivity contribution in [2.75, 3.05) is 39.8 Å². The van der Waals surface area contributed by atoms with Crippen LogP contribution in [0, 0.1) is 0 Å². The number of pyridine rings is 1. The molecule has 1 saturated heterocycles. The average molecular weight is 516 g/mol. The Bertz CT molecular complexity index is 1370. The fourth-order valence-corrected chi connectivity index (χ4v) is 6.06. The van der Waals surface area contributed by atoms with E-state index >= 15 is 0 Å². The number of likely N-dealkylation sites (N-methyl/N-ethyl adjacent to an activating group) is 1. The SMILES string of the molecule is CCCc1nn(C)c2c(=O)[nH]c(-c3cc(S(=O)(=O)N(C)CCN4CCCCC4)ccc3OCC)cc12. The molecule has 1 aromatic carbocycles. The highest BCUT2D eigenvalue weighted by atomic mass is 32.2. The Morgan fingerprint density at radius 2 is 1.89 bits per heavy atom. The molecule has 4 rings (SSSR count). The third-order valence-electron chi connectivity index (χ3n) is 6.83. The predicted molar refractivity (Wildman–Crippen MR) is 142 cm³/mol. The smallest absolute Gasteiger partial charge is 0.274 e. The first kappa shape index (κ1) is 26.4. The molecule has 0 atom stereocenters. The topological polar surface area (TPSA) is 101 Å². The first-order valence-electron chi connectivity index (χ1n) is 12.8. The van der Waals surface area contributed by atoms with E-state index in [-0.39, 0.29) is 10.5 Å². The van der Waals surface area contributed by atoms with E-state index in [1.54, 1.807) is 37.0 Å². The molecule has 9 nitrogen and oxygen atoms in total. The summed E-state index contributed by atoms with van der Waals surface area (Å²) in [5.74, 6) is 0.517. The molecule has 3 aromatic rings. The predicted octanol–water partition coefficient (Wildman–Crippen LogP) is 3.39. The molecule has 196 valence electrons. The van der Waals surface area contributed by atoms with Crippen molar-refractivity contribution in [2.45, 2.75) is 50.8 Å². The molecule has 36 heavy (non-hydrogen) atoms. The van der Waals surface area contributed by atoms with Crippen LogP contribution in [0.4, 0.5) is 0 Å². The van der Waals surface area contributed by atoms with E-state index in [0.717, 1.165) is 49.9 Å². The van der Waals surface area contributed by atoms with Crippen LogP contribution >= 0.6 is 0 Å². The molecule has 0 saturated carbocycles. The number of aromatic nitrogens is 3. The Labute approximate surface area is 213 Å². The molecule has 1 N–H and O–H groups in total. The summed E-state index contributed by atoms with van der Waals surface area (Å²) in [6.07, 6.45) is 5.22. The zero-order valence-corrected chi connectivity index (χ0v) is 22.5. The van der Waals surface area contributed by atoms with Crippen LogP contribution in [0.25, 0.3) is 22.2 Å². The monoisotopic (exact) mass is 515 g/mol. The molecule has 0 amide bonds. The van der Waals surface area contributed by atoms with E-state index < -0.39 is 10.0 Å². The number of likely N-dealkylation sites (tertiary alicyclic amines) is 1. The molecule has 2 aromatic heterocycles. The number of nitrogens with one attached hydrogen (secondary N) is 1. The van der Waals surface area contributed by atoms with Crippen molar-refractivity contribution in [3.8, 4) is 17.0 Å². The minimum Gasteiger partial charge on any atom is -0.493 e. The second-order valence-electron chi connectivity index (χ2n) is 9.41. The van der Waals surface area contributed by atoms with E-state index in [2.05, 4.69) is 21.9 Å². The number of nitrogens with zero attached hydrogens (tertiary/aromatic N) is 4.